The zero-order valence-electron chi connectivity index (χ0n) is 14.2. The molecule has 1 aliphatic heterocycles. The van der Waals surface area contributed by atoms with E-state index < -0.39 is 5.60 Å². The van der Waals surface area contributed by atoms with Crippen LogP contribution in [-0.2, 0) is 11.2 Å². The van der Waals surface area contributed by atoms with Crippen molar-refractivity contribution >= 4 is 11.4 Å². The Labute approximate surface area is 142 Å². The molecule has 5 nitrogen and oxygen atoms in total. The zero-order valence-corrected chi connectivity index (χ0v) is 14.2. The number of aliphatic hydroxyl groups is 1. The Morgan fingerprint density at radius 1 is 1.29 bits per heavy atom. The summed E-state index contributed by atoms with van der Waals surface area (Å²) in [6.45, 7) is 3.53. The van der Waals surface area contributed by atoms with Crippen molar-refractivity contribution in [3.63, 3.8) is 0 Å². The molecule has 2 aromatic heterocycles. The molecule has 0 atom stereocenters. The Bertz CT molecular complexity index is 736. The summed E-state index contributed by atoms with van der Waals surface area (Å²) in [5, 5.41) is 14.1. The van der Waals surface area contributed by atoms with Crippen LogP contribution in [0.2, 0.25) is 0 Å². The van der Waals surface area contributed by atoms with E-state index in [1.54, 1.807) is 0 Å². The number of hydrogen-bond donors (Lipinski definition) is 1. The van der Waals surface area contributed by atoms with Crippen molar-refractivity contribution in [3.8, 4) is 0 Å². The van der Waals surface area contributed by atoms with Gasteiger partial charge in [-0.05, 0) is 62.6 Å². The topological polar surface area (TPSA) is 57.8 Å². The number of carbonyl (C=O) groups is 1. The number of amides is 1. The number of nitrogens with zero attached hydrogens (tertiary/aromatic N) is 3. The summed E-state index contributed by atoms with van der Waals surface area (Å²) >= 11 is 0. The van der Waals surface area contributed by atoms with E-state index in [4.69, 9.17) is 0 Å². The number of carbonyl (C=O) groups excluding carboxylic acids is 1. The second kappa shape index (κ2) is 5.88. The number of pyridine rings is 1. The summed E-state index contributed by atoms with van der Waals surface area (Å²) in [7, 11) is 0. The Kier molecular flexibility index (Phi) is 3.83. The normalized spacial score (nSPS) is 28.1. The Morgan fingerprint density at radius 2 is 2.04 bits per heavy atom. The van der Waals surface area contributed by atoms with E-state index in [1.807, 2.05) is 28.6 Å². The molecule has 4 rings (SSSR count). The van der Waals surface area contributed by atoms with Crippen LogP contribution >= 0.6 is 0 Å². The third kappa shape index (κ3) is 3.05. The number of hydrogen-bond acceptors (Lipinski definition) is 3. The van der Waals surface area contributed by atoms with Gasteiger partial charge in [0.25, 0.3) is 0 Å². The summed E-state index contributed by atoms with van der Waals surface area (Å²) in [4.78, 5) is 14.5. The van der Waals surface area contributed by atoms with Crippen molar-refractivity contribution in [2.45, 2.75) is 44.6 Å². The molecule has 3 heterocycles. The van der Waals surface area contributed by atoms with Crippen molar-refractivity contribution in [2.75, 3.05) is 13.1 Å². The molecule has 0 spiro atoms. The van der Waals surface area contributed by atoms with Crippen LogP contribution in [0.5, 0.6) is 0 Å². The third-order valence-corrected chi connectivity index (χ3v) is 5.63. The molecule has 0 unspecified atom stereocenters. The first-order valence-electron chi connectivity index (χ1n) is 8.94. The lowest BCUT2D eigenvalue weighted by atomic mass is 9.71. The minimum absolute atomic E-state index is 0.0405. The molecule has 2 aromatic rings. The second-order valence-corrected chi connectivity index (χ2v) is 7.81. The van der Waals surface area contributed by atoms with Gasteiger partial charge in [0.2, 0.25) is 5.91 Å². The molecular weight excluding hydrogens is 302 g/mol. The largest absolute Gasteiger partial charge is 0.390 e. The third-order valence-electron chi connectivity index (χ3n) is 5.63. The highest BCUT2D eigenvalue weighted by molar-refractivity contribution is 5.80. The maximum atomic E-state index is 12.5. The van der Waals surface area contributed by atoms with Gasteiger partial charge in [-0.2, -0.15) is 5.10 Å². The van der Waals surface area contributed by atoms with Gasteiger partial charge in [0.15, 0.2) is 0 Å². The van der Waals surface area contributed by atoms with E-state index in [-0.39, 0.29) is 11.8 Å². The average molecular weight is 327 g/mol. The van der Waals surface area contributed by atoms with E-state index in [1.165, 1.54) is 5.56 Å². The van der Waals surface area contributed by atoms with Crippen LogP contribution in [0.15, 0.2) is 30.6 Å². The molecule has 128 valence electrons. The Morgan fingerprint density at radius 3 is 2.75 bits per heavy atom. The van der Waals surface area contributed by atoms with Crippen molar-refractivity contribution < 1.29 is 9.90 Å². The van der Waals surface area contributed by atoms with E-state index in [0.29, 0.717) is 18.8 Å². The summed E-state index contributed by atoms with van der Waals surface area (Å²) < 4.78 is 1.93. The standard InChI is InChI=1S/C19H25N3O2/c1-19(24)11-16(12-19)18(23)21-8-5-14(6-9-21)10-15-2-3-17-4-7-20-22(17)13-15/h2-4,7,13-14,16,24H,5-6,8-12H2,1H3. The summed E-state index contributed by atoms with van der Waals surface area (Å²) in [5.41, 5.74) is 1.81. The molecule has 0 aromatic carbocycles. The summed E-state index contributed by atoms with van der Waals surface area (Å²) in [5.74, 6) is 0.920. The van der Waals surface area contributed by atoms with Gasteiger partial charge in [-0.25, -0.2) is 4.52 Å². The molecule has 1 aliphatic carbocycles. The minimum Gasteiger partial charge on any atom is -0.390 e. The lowest BCUT2D eigenvalue weighted by molar-refractivity contribution is -0.151. The van der Waals surface area contributed by atoms with Crippen LogP contribution in [0.1, 0.15) is 38.2 Å². The molecule has 1 amide bonds. The summed E-state index contributed by atoms with van der Waals surface area (Å²) in [6, 6.07) is 6.31. The van der Waals surface area contributed by atoms with Gasteiger partial charge in [0, 0.05) is 31.4 Å². The lowest BCUT2D eigenvalue weighted by Crippen LogP contribution is -2.51. The zero-order chi connectivity index (χ0) is 16.7. The molecule has 1 N–H and O–H groups in total. The van der Waals surface area contributed by atoms with Gasteiger partial charge in [0.1, 0.15) is 0 Å². The highest BCUT2D eigenvalue weighted by atomic mass is 16.3. The first-order valence-corrected chi connectivity index (χ1v) is 8.94. The van der Waals surface area contributed by atoms with Crippen molar-refractivity contribution in [3.05, 3.63) is 36.2 Å². The second-order valence-electron chi connectivity index (χ2n) is 7.81. The molecule has 2 fully saturated rings. The smallest absolute Gasteiger partial charge is 0.225 e. The van der Waals surface area contributed by atoms with Gasteiger partial charge in [-0.1, -0.05) is 6.07 Å². The molecular formula is C19H25N3O2. The maximum Gasteiger partial charge on any atom is 0.225 e. The van der Waals surface area contributed by atoms with Crippen LogP contribution in [-0.4, -0.2) is 44.2 Å². The number of aromatic nitrogens is 2. The lowest BCUT2D eigenvalue weighted by Gasteiger charge is -2.43. The predicted octanol–water partition coefficient (Wildman–Crippen LogP) is 2.28. The highest BCUT2D eigenvalue weighted by Crippen LogP contribution is 2.39. The Hall–Kier alpha value is -1.88. The maximum absolute atomic E-state index is 12.5. The van der Waals surface area contributed by atoms with Crippen molar-refractivity contribution in [1.29, 1.82) is 0 Å². The molecule has 0 radical (unpaired) electrons. The summed E-state index contributed by atoms with van der Waals surface area (Å²) in [6.07, 6.45) is 8.35. The average Bonchev–Trinajstić information content (AvgIpc) is 3.00. The monoisotopic (exact) mass is 327 g/mol. The van der Waals surface area contributed by atoms with Gasteiger partial charge >= 0.3 is 0 Å². The van der Waals surface area contributed by atoms with Gasteiger partial charge in [0.05, 0.1) is 11.1 Å². The number of rotatable bonds is 3. The molecule has 2 aliphatic rings. The van der Waals surface area contributed by atoms with E-state index in [2.05, 4.69) is 23.4 Å². The van der Waals surface area contributed by atoms with Crippen LogP contribution in [0.3, 0.4) is 0 Å². The van der Waals surface area contributed by atoms with E-state index in [9.17, 15) is 9.90 Å². The highest BCUT2D eigenvalue weighted by Gasteiger charge is 2.44. The fraction of sp³-hybridized carbons (Fsp3) is 0.579. The van der Waals surface area contributed by atoms with Crippen LogP contribution in [0, 0.1) is 11.8 Å². The molecule has 24 heavy (non-hydrogen) atoms. The van der Waals surface area contributed by atoms with Crippen molar-refractivity contribution in [1.82, 2.24) is 14.5 Å². The number of piperidine rings is 1. The van der Waals surface area contributed by atoms with E-state index in [0.717, 1.165) is 37.9 Å². The predicted molar refractivity (Wildman–Crippen MR) is 91.5 cm³/mol. The minimum atomic E-state index is -0.621. The molecule has 5 heteroatoms. The number of fused-ring (bicyclic) bond motifs is 1. The van der Waals surface area contributed by atoms with Crippen LogP contribution < -0.4 is 0 Å². The number of likely N-dealkylation sites (tertiary alicyclic amines) is 1. The molecule has 1 saturated heterocycles. The molecule has 0 bridgehead atoms. The Balaban J connectivity index is 1.30. The fourth-order valence-electron chi connectivity index (χ4n) is 4.20. The first-order chi connectivity index (χ1) is 11.5. The van der Waals surface area contributed by atoms with Crippen LogP contribution in [0.4, 0.5) is 0 Å². The van der Waals surface area contributed by atoms with E-state index >= 15 is 0 Å². The first kappa shape index (κ1) is 15.6. The van der Waals surface area contributed by atoms with Gasteiger partial charge < -0.3 is 10.0 Å². The SMILES string of the molecule is CC1(O)CC(C(=O)N2CCC(Cc3ccc4ccnn4c3)CC2)C1. The molecule has 1 saturated carbocycles. The quantitative estimate of drug-likeness (QED) is 0.941. The fourth-order valence-corrected chi connectivity index (χ4v) is 4.20. The van der Waals surface area contributed by atoms with Gasteiger partial charge in [-0.15, -0.1) is 0 Å². The van der Waals surface area contributed by atoms with Crippen LogP contribution in [0.25, 0.3) is 5.52 Å². The van der Waals surface area contributed by atoms with Crippen molar-refractivity contribution in [2.24, 2.45) is 11.8 Å². The van der Waals surface area contributed by atoms with Gasteiger partial charge in [-0.3, -0.25) is 4.79 Å².